The number of aliphatic hydroxyl groups is 8. The molecule has 0 radical (unpaired) electrons. The van der Waals surface area contributed by atoms with Crippen molar-refractivity contribution >= 4 is 5.97 Å². The Labute approximate surface area is 181 Å². The Morgan fingerprint density at radius 3 is 1.96 bits per heavy atom. The van der Waals surface area contributed by atoms with E-state index in [1.807, 2.05) is 0 Å². The fourth-order valence-corrected chi connectivity index (χ4v) is 3.01. The maximum atomic E-state index is 10.8. The molecule has 2 fully saturated rings. The Bertz CT molecular complexity index is 506. The first kappa shape index (κ1) is 26.1. The van der Waals surface area contributed by atoms with Crippen molar-refractivity contribution in [1.82, 2.24) is 0 Å². The molecule has 2 saturated heterocycles. The van der Waals surface area contributed by atoms with E-state index in [2.05, 4.69) is 0 Å². The maximum Gasteiger partial charge on any atom is 1.00 e. The molecule has 0 aliphatic carbocycles. The van der Waals surface area contributed by atoms with Crippen LogP contribution in [0.3, 0.4) is 0 Å². The second-order valence-electron chi connectivity index (χ2n) is 6.36. The quantitative estimate of drug-likeness (QED) is 0.186. The fraction of sp³-hybridized carbons (Fsp3) is 0.929. The van der Waals surface area contributed by atoms with Crippen LogP contribution in [0.2, 0.25) is 0 Å². The van der Waals surface area contributed by atoms with Crippen molar-refractivity contribution in [3.8, 4) is 0 Å². The molecule has 0 amide bonds. The van der Waals surface area contributed by atoms with Crippen molar-refractivity contribution in [2.45, 2.75) is 67.3 Å². The van der Waals surface area contributed by atoms with E-state index in [1.54, 1.807) is 0 Å². The molecule has 2 rings (SSSR count). The summed E-state index contributed by atoms with van der Waals surface area (Å²) in [5.74, 6) is -1.98. The number of carboxylic acids is 1. The Kier molecular flexibility index (Phi) is 10.1. The van der Waals surface area contributed by atoms with Crippen molar-refractivity contribution < 1.29 is 94.5 Å². The van der Waals surface area contributed by atoms with E-state index >= 15 is 0 Å². The fourth-order valence-electron chi connectivity index (χ4n) is 3.01. The Morgan fingerprint density at radius 1 is 0.893 bits per heavy atom. The molecule has 0 bridgehead atoms. The molecule has 8 N–H and O–H groups in total. The van der Waals surface area contributed by atoms with Crippen LogP contribution in [0, 0.1) is 0 Å². The molecule has 158 valence electrons. The predicted molar refractivity (Wildman–Crippen MR) is 77.4 cm³/mol. The largest absolute Gasteiger partial charge is 1.00 e. The topological polar surface area (TPSA) is 230 Å². The van der Waals surface area contributed by atoms with Gasteiger partial charge in [0.05, 0.1) is 19.2 Å². The summed E-state index contributed by atoms with van der Waals surface area (Å²) in [5, 5.41) is 88.5. The summed E-state index contributed by atoms with van der Waals surface area (Å²) in [6, 6.07) is 0. The van der Waals surface area contributed by atoms with Gasteiger partial charge in [-0.25, -0.2) is 0 Å². The van der Waals surface area contributed by atoms with Gasteiger partial charge in [-0.2, -0.15) is 0 Å². The molecule has 3 unspecified atom stereocenters. The first-order chi connectivity index (χ1) is 12.6. The summed E-state index contributed by atoms with van der Waals surface area (Å²) in [6.07, 6.45) is -19.3. The van der Waals surface area contributed by atoms with Crippen LogP contribution in [0.5, 0.6) is 0 Å². The number of hydrogen-bond donors (Lipinski definition) is 8. The molecular weight excluding hydrogens is 399 g/mol. The van der Waals surface area contributed by atoms with E-state index in [9.17, 15) is 45.6 Å². The molecule has 13 nitrogen and oxygen atoms in total. The zero-order valence-electron chi connectivity index (χ0n) is 14.9. The van der Waals surface area contributed by atoms with Gasteiger partial charge in [-0.1, -0.05) is 0 Å². The average molecular weight is 422 g/mol. The van der Waals surface area contributed by atoms with Gasteiger partial charge in [-0.15, -0.1) is 0 Å². The van der Waals surface area contributed by atoms with Crippen molar-refractivity contribution in [3.63, 3.8) is 0 Å². The van der Waals surface area contributed by atoms with Gasteiger partial charge in [-0.3, -0.25) is 0 Å². The van der Waals surface area contributed by atoms with Crippen molar-refractivity contribution in [2.24, 2.45) is 0 Å². The molecule has 0 saturated carbocycles. The molecular formula is C14H23NaO13. The van der Waals surface area contributed by atoms with Crippen LogP contribution in [0.25, 0.3) is 0 Å². The number of carboxylic acid groups (broad SMARTS) is 1. The summed E-state index contributed by atoms with van der Waals surface area (Å²) < 4.78 is 15.5. The number of ether oxygens (including phenoxy) is 3. The monoisotopic (exact) mass is 422 g/mol. The van der Waals surface area contributed by atoms with Gasteiger partial charge in [0.25, 0.3) is 0 Å². The molecule has 2 aliphatic heterocycles. The standard InChI is InChI=1S/C14H24O13.Na/c15-1-3-5(17)6(18)9(21)14(26-3)27-11-4(2-16)25-12(8(20)7(11)19)10(22)13(23)24;/h3-12,14-22H,1-2H2,(H,23,24);/q;+1/p-1/t3-,4-,5+,6+,7-,8?,9-,10?,11-,12?,14+;/m1./s1. The van der Waals surface area contributed by atoms with E-state index in [1.165, 1.54) is 0 Å². The van der Waals surface area contributed by atoms with Gasteiger partial charge in [0, 0.05) is 0 Å². The third-order valence-corrected chi connectivity index (χ3v) is 4.59. The van der Waals surface area contributed by atoms with Crippen molar-refractivity contribution in [1.29, 1.82) is 0 Å². The zero-order chi connectivity index (χ0) is 20.5. The molecule has 0 aromatic heterocycles. The van der Waals surface area contributed by atoms with Crippen LogP contribution in [0.4, 0.5) is 0 Å². The normalized spacial score (nSPS) is 45.1. The van der Waals surface area contributed by atoms with E-state index in [0.717, 1.165) is 0 Å². The second kappa shape index (κ2) is 10.9. The van der Waals surface area contributed by atoms with E-state index in [4.69, 9.17) is 19.3 Å². The minimum absolute atomic E-state index is 0. The summed E-state index contributed by atoms with van der Waals surface area (Å²) in [5.41, 5.74) is 0. The number of hydrogen-bond acceptors (Lipinski definition) is 13. The van der Waals surface area contributed by atoms with E-state index in [-0.39, 0.29) is 29.6 Å². The van der Waals surface area contributed by atoms with E-state index < -0.39 is 86.5 Å². The Hall–Kier alpha value is 0.0300. The molecule has 0 spiro atoms. The predicted octanol–water partition coefficient (Wildman–Crippen LogP) is -10.2. The summed E-state index contributed by atoms with van der Waals surface area (Å²) in [6.45, 7) is -1.58. The van der Waals surface area contributed by atoms with Crippen molar-refractivity contribution in [3.05, 3.63) is 0 Å². The Morgan fingerprint density at radius 2 is 1.46 bits per heavy atom. The van der Waals surface area contributed by atoms with Gasteiger partial charge in [0.2, 0.25) is 0 Å². The van der Waals surface area contributed by atoms with Crippen LogP contribution in [-0.4, -0.2) is 127 Å². The van der Waals surface area contributed by atoms with Crippen LogP contribution < -0.4 is 34.7 Å². The molecule has 28 heavy (non-hydrogen) atoms. The number of aliphatic hydroxyl groups excluding tert-OH is 8. The van der Waals surface area contributed by atoms with Crippen LogP contribution in [0.1, 0.15) is 0 Å². The van der Waals surface area contributed by atoms with Gasteiger partial charge >= 0.3 is 29.6 Å². The van der Waals surface area contributed by atoms with E-state index in [0.29, 0.717) is 0 Å². The molecule has 2 aliphatic rings. The SMILES string of the molecule is O=C([O-])C(O)C1O[C@H](CO)[C@@H](O[C@@H]2O[C@H](CO)[C@H](O)[C@H](O)[C@H]2O)[C@H](O)C1O.[Na+]. The number of carbonyl (C=O) groups is 1. The second-order valence-corrected chi connectivity index (χ2v) is 6.36. The van der Waals surface area contributed by atoms with Crippen molar-refractivity contribution in [2.75, 3.05) is 13.2 Å². The van der Waals surface area contributed by atoms with Crippen LogP contribution >= 0.6 is 0 Å². The number of rotatable bonds is 6. The minimum atomic E-state index is -2.31. The smallest absolute Gasteiger partial charge is 0.547 e. The third-order valence-electron chi connectivity index (χ3n) is 4.59. The third kappa shape index (κ3) is 5.19. The molecule has 14 heteroatoms. The maximum absolute atomic E-state index is 10.8. The van der Waals surface area contributed by atoms with Gasteiger partial charge in [0.15, 0.2) is 6.29 Å². The Balaban J connectivity index is 0.00000392. The summed E-state index contributed by atoms with van der Waals surface area (Å²) in [4.78, 5) is 10.8. The number of aliphatic carboxylic acids is 1. The molecule has 11 atom stereocenters. The van der Waals surface area contributed by atoms with Crippen LogP contribution in [-0.2, 0) is 19.0 Å². The van der Waals surface area contributed by atoms with Gasteiger partial charge in [-0.05, 0) is 0 Å². The van der Waals surface area contributed by atoms with Crippen LogP contribution in [0.15, 0.2) is 0 Å². The molecule has 2 heterocycles. The minimum Gasteiger partial charge on any atom is -0.547 e. The zero-order valence-corrected chi connectivity index (χ0v) is 16.9. The first-order valence-electron chi connectivity index (χ1n) is 8.11. The summed E-state index contributed by atoms with van der Waals surface area (Å²) in [7, 11) is 0. The van der Waals surface area contributed by atoms with Gasteiger partial charge < -0.3 is 65.0 Å². The molecule has 0 aromatic rings. The van der Waals surface area contributed by atoms with Gasteiger partial charge in [0.1, 0.15) is 61.0 Å². The first-order valence-corrected chi connectivity index (χ1v) is 8.11. The summed E-state index contributed by atoms with van der Waals surface area (Å²) >= 11 is 0. The average Bonchev–Trinajstić information content (AvgIpc) is 2.65. The molecule has 0 aromatic carbocycles. The number of carbonyl (C=O) groups excluding carboxylic acids is 1.